The molecule has 2 heterocycles. The molecular weight excluding hydrogens is 200 g/mol. The van der Waals surface area contributed by atoms with Crippen LogP contribution in [-0.2, 0) is 0 Å². The van der Waals surface area contributed by atoms with Gasteiger partial charge in [-0.3, -0.25) is 4.98 Å². The largest absolute Gasteiger partial charge is 0.324 e. The standard InChI is InChI=1S/C12H14N4/c1-8(13)11-7-15-12(16-9(11)2)10-4-3-5-14-6-10/h3-8H,13H2,1-2H3. The number of pyridine rings is 1. The smallest absolute Gasteiger partial charge is 0.160 e. The fourth-order valence-electron chi connectivity index (χ4n) is 1.56. The Bertz CT molecular complexity index is 480. The second-order valence-electron chi connectivity index (χ2n) is 3.76. The summed E-state index contributed by atoms with van der Waals surface area (Å²) in [5.74, 6) is 0.690. The lowest BCUT2D eigenvalue weighted by Crippen LogP contribution is -2.09. The maximum atomic E-state index is 5.81. The average Bonchev–Trinajstić information content (AvgIpc) is 2.29. The summed E-state index contributed by atoms with van der Waals surface area (Å²) in [6, 6.07) is 3.77. The van der Waals surface area contributed by atoms with Crippen molar-refractivity contribution >= 4 is 0 Å². The highest BCUT2D eigenvalue weighted by atomic mass is 14.9. The molecular formula is C12H14N4. The molecule has 0 amide bonds. The molecule has 0 spiro atoms. The van der Waals surface area contributed by atoms with Gasteiger partial charge in [-0.15, -0.1) is 0 Å². The highest BCUT2D eigenvalue weighted by Crippen LogP contribution is 2.17. The van der Waals surface area contributed by atoms with Crippen LogP contribution in [0.4, 0.5) is 0 Å². The third kappa shape index (κ3) is 2.06. The Labute approximate surface area is 94.6 Å². The zero-order chi connectivity index (χ0) is 11.5. The summed E-state index contributed by atoms with van der Waals surface area (Å²) in [6.07, 6.45) is 5.27. The van der Waals surface area contributed by atoms with E-state index in [2.05, 4.69) is 15.0 Å². The van der Waals surface area contributed by atoms with E-state index in [1.165, 1.54) is 0 Å². The van der Waals surface area contributed by atoms with E-state index in [0.717, 1.165) is 16.8 Å². The molecule has 0 aliphatic carbocycles. The zero-order valence-corrected chi connectivity index (χ0v) is 9.38. The van der Waals surface area contributed by atoms with Gasteiger partial charge < -0.3 is 5.73 Å². The van der Waals surface area contributed by atoms with Gasteiger partial charge in [0.1, 0.15) is 0 Å². The zero-order valence-electron chi connectivity index (χ0n) is 9.38. The predicted octanol–water partition coefficient (Wildman–Crippen LogP) is 1.87. The lowest BCUT2D eigenvalue weighted by atomic mass is 10.1. The van der Waals surface area contributed by atoms with Crippen LogP contribution < -0.4 is 5.73 Å². The van der Waals surface area contributed by atoms with Crippen LogP contribution in [0, 0.1) is 6.92 Å². The van der Waals surface area contributed by atoms with Crippen LogP contribution in [0.2, 0.25) is 0 Å². The molecule has 4 heteroatoms. The first kappa shape index (κ1) is 10.7. The maximum absolute atomic E-state index is 5.81. The summed E-state index contributed by atoms with van der Waals surface area (Å²) in [5, 5.41) is 0. The van der Waals surface area contributed by atoms with Gasteiger partial charge in [0, 0.05) is 41.5 Å². The van der Waals surface area contributed by atoms with Gasteiger partial charge in [-0.25, -0.2) is 9.97 Å². The van der Waals surface area contributed by atoms with Gasteiger partial charge in [-0.1, -0.05) is 0 Å². The molecule has 0 aromatic carbocycles. The lowest BCUT2D eigenvalue weighted by Gasteiger charge is -2.09. The number of nitrogens with two attached hydrogens (primary N) is 1. The number of hydrogen-bond acceptors (Lipinski definition) is 4. The molecule has 0 aliphatic heterocycles. The van der Waals surface area contributed by atoms with Gasteiger partial charge in [0.05, 0.1) is 0 Å². The van der Waals surface area contributed by atoms with Crippen molar-refractivity contribution in [2.24, 2.45) is 5.73 Å². The van der Waals surface area contributed by atoms with E-state index in [0.29, 0.717) is 5.82 Å². The molecule has 2 aromatic heterocycles. The summed E-state index contributed by atoms with van der Waals surface area (Å²) < 4.78 is 0. The van der Waals surface area contributed by atoms with Gasteiger partial charge in [0.15, 0.2) is 5.82 Å². The number of aromatic nitrogens is 3. The maximum Gasteiger partial charge on any atom is 0.160 e. The fourth-order valence-corrected chi connectivity index (χ4v) is 1.56. The van der Waals surface area contributed by atoms with E-state index < -0.39 is 0 Å². The van der Waals surface area contributed by atoms with Crippen molar-refractivity contribution in [3.63, 3.8) is 0 Å². The molecule has 0 saturated carbocycles. The van der Waals surface area contributed by atoms with E-state index >= 15 is 0 Å². The van der Waals surface area contributed by atoms with Crippen molar-refractivity contribution in [2.45, 2.75) is 19.9 Å². The first-order valence-corrected chi connectivity index (χ1v) is 5.18. The monoisotopic (exact) mass is 214 g/mol. The first-order valence-electron chi connectivity index (χ1n) is 5.18. The third-order valence-electron chi connectivity index (χ3n) is 2.43. The molecule has 82 valence electrons. The van der Waals surface area contributed by atoms with Gasteiger partial charge >= 0.3 is 0 Å². The highest BCUT2D eigenvalue weighted by molar-refractivity contribution is 5.53. The Morgan fingerprint density at radius 2 is 2.12 bits per heavy atom. The molecule has 2 aromatic rings. The molecule has 2 rings (SSSR count). The van der Waals surface area contributed by atoms with Crippen molar-refractivity contribution < 1.29 is 0 Å². The lowest BCUT2D eigenvalue weighted by molar-refractivity contribution is 0.790. The van der Waals surface area contributed by atoms with Crippen molar-refractivity contribution in [2.75, 3.05) is 0 Å². The first-order chi connectivity index (χ1) is 7.68. The second-order valence-corrected chi connectivity index (χ2v) is 3.76. The Hall–Kier alpha value is -1.81. The normalized spacial score (nSPS) is 12.4. The Kier molecular flexibility index (Phi) is 2.92. The van der Waals surface area contributed by atoms with Crippen LogP contribution in [0.15, 0.2) is 30.7 Å². The van der Waals surface area contributed by atoms with Gasteiger partial charge in [0.2, 0.25) is 0 Å². The summed E-state index contributed by atoms with van der Waals surface area (Å²) in [6.45, 7) is 3.87. The number of hydrogen-bond donors (Lipinski definition) is 1. The number of nitrogens with zero attached hydrogens (tertiary/aromatic N) is 3. The van der Waals surface area contributed by atoms with Crippen molar-refractivity contribution in [1.82, 2.24) is 15.0 Å². The van der Waals surface area contributed by atoms with E-state index in [4.69, 9.17) is 5.73 Å². The Morgan fingerprint density at radius 1 is 1.31 bits per heavy atom. The minimum absolute atomic E-state index is 0.0389. The second kappa shape index (κ2) is 4.37. The molecule has 0 fully saturated rings. The predicted molar refractivity (Wildman–Crippen MR) is 62.6 cm³/mol. The molecule has 0 radical (unpaired) electrons. The van der Waals surface area contributed by atoms with Crippen molar-refractivity contribution in [3.8, 4) is 11.4 Å². The highest BCUT2D eigenvalue weighted by Gasteiger charge is 2.08. The van der Waals surface area contributed by atoms with Gasteiger partial charge in [-0.05, 0) is 26.0 Å². The SMILES string of the molecule is Cc1nc(-c2cccnc2)ncc1C(C)N. The van der Waals surface area contributed by atoms with Gasteiger partial charge in [0.25, 0.3) is 0 Å². The quantitative estimate of drug-likeness (QED) is 0.828. The van der Waals surface area contributed by atoms with Crippen LogP contribution in [0.1, 0.15) is 24.2 Å². The van der Waals surface area contributed by atoms with Gasteiger partial charge in [-0.2, -0.15) is 0 Å². The number of rotatable bonds is 2. The van der Waals surface area contributed by atoms with Crippen LogP contribution in [0.3, 0.4) is 0 Å². The topological polar surface area (TPSA) is 64.7 Å². The Morgan fingerprint density at radius 3 is 2.69 bits per heavy atom. The van der Waals surface area contributed by atoms with Crippen LogP contribution in [0.5, 0.6) is 0 Å². The minimum Gasteiger partial charge on any atom is -0.324 e. The Balaban J connectivity index is 2.43. The van der Waals surface area contributed by atoms with E-state index in [9.17, 15) is 0 Å². The molecule has 1 atom stereocenters. The van der Waals surface area contributed by atoms with E-state index in [-0.39, 0.29) is 6.04 Å². The minimum atomic E-state index is -0.0389. The van der Waals surface area contributed by atoms with Crippen LogP contribution in [-0.4, -0.2) is 15.0 Å². The number of aryl methyl sites for hydroxylation is 1. The van der Waals surface area contributed by atoms with Crippen molar-refractivity contribution in [1.29, 1.82) is 0 Å². The summed E-state index contributed by atoms with van der Waals surface area (Å²) in [4.78, 5) is 12.8. The van der Waals surface area contributed by atoms with Crippen molar-refractivity contribution in [3.05, 3.63) is 42.0 Å². The molecule has 16 heavy (non-hydrogen) atoms. The van der Waals surface area contributed by atoms with Crippen LogP contribution in [0.25, 0.3) is 11.4 Å². The molecule has 1 unspecified atom stereocenters. The molecule has 0 aliphatic rings. The van der Waals surface area contributed by atoms with E-state index in [1.54, 1.807) is 18.6 Å². The molecule has 2 N–H and O–H groups in total. The van der Waals surface area contributed by atoms with Crippen LogP contribution >= 0.6 is 0 Å². The fraction of sp³-hybridized carbons (Fsp3) is 0.250. The molecule has 0 saturated heterocycles. The molecule has 4 nitrogen and oxygen atoms in total. The summed E-state index contributed by atoms with van der Waals surface area (Å²) >= 11 is 0. The van der Waals surface area contributed by atoms with E-state index in [1.807, 2.05) is 26.0 Å². The molecule has 0 bridgehead atoms. The summed E-state index contributed by atoms with van der Waals surface area (Å²) in [5.41, 5.74) is 8.63. The average molecular weight is 214 g/mol. The third-order valence-corrected chi connectivity index (χ3v) is 2.43. The summed E-state index contributed by atoms with van der Waals surface area (Å²) in [7, 11) is 0.